The van der Waals surface area contributed by atoms with Crippen molar-refractivity contribution in [2.75, 3.05) is 13.1 Å². The van der Waals surface area contributed by atoms with E-state index in [1.807, 2.05) is 12.4 Å². The van der Waals surface area contributed by atoms with Gasteiger partial charge in [-0.25, -0.2) is 0 Å². The molecule has 0 bridgehead atoms. The van der Waals surface area contributed by atoms with Gasteiger partial charge < -0.3 is 7.58 Å². The predicted molar refractivity (Wildman–Crippen MR) is 170 cm³/mol. The molecular formula is C34H51AlN2O2. The van der Waals surface area contributed by atoms with Crippen molar-refractivity contribution >= 4 is 27.2 Å². The Balaban J connectivity index is 2.28. The van der Waals surface area contributed by atoms with Crippen LogP contribution in [0.2, 0.25) is 5.28 Å². The predicted octanol–water partition coefficient (Wildman–Crippen LogP) is 8.69. The van der Waals surface area contributed by atoms with Gasteiger partial charge in [0.05, 0.1) is 24.6 Å². The van der Waals surface area contributed by atoms with Crippen LogP contribution in [0.3, 0.4) is 0 Å². The smallest absolute Gasteiger partial charge is 0.611 e. The Morgan fingerprint density at radius 2 is 0.949 bits per heavy atom. The number of fused-ring (bicyclic) bond motifs is 2. The number of hydrogen-bond donors (Lipinski definition) is 0. The van der Waals surface area contributed by atoms with Crippen molar-refractivity contribution in [1.29, 1.82) is 0 Å². The molecule has 1 heterocycles. The molecule has 212 valence electrons. The minimum atomic E-state index is -2.19. The minimum Gasteiger partial charge on any atom is -0.611 e. The fourth-order valence-corrected chi connectivity index (χ4v) is 6.07. The van der Waals surface area contributed by atoms with Crippen LogP contribution in [0.1, 0.15) is 123 Å². The van der Waals surface area contributed by atoms with Crippen molar-refractivity contribution in [3.8, 4) is 11.5 Å². The van der Waals surface area contributed by atoms with Gasteiger partial charge in [0, 0.05) is 23.6 Å². The first-order chi connectivity index (χ1) is 17.8. The van der Waals surface area contributed by atoms with E-state index >= 15 is 0 Å². The van der Waals surface area contributed by atoms with Gasteiger partial charge >= 0.3 is 14.8 Å². The molecule has 1 aliphatic rings. The van der Waals surface area contributed by atoms with Crippen LogP contribution in [0.4, 0.5) is 0 Å². The summed E-state index contributed by atoms with van der Waals surface area (Å²) in [6, 6.07) is 9.17. The highest BCUT2D eigenvalue weighted by molar-refractivity contribution is 6.46. The van der Waals surface area contributed by atoms with Crippen molar-refractivity contribution in [3.63, 3.8) is 0 Å². The second kappa shape index (κ2) is 11.4. The van der Waals surface area contributed by atoms with E-state index in [1.165, 1.54) is 22.3 Å². The minimum absolute atomic E-state index is 0.0116. The molecular weight excluding hydrogens is 495 g/mol. The Bertz CT molecular complexity index is 1140. The van der Waals surface area contributed by atoms with E-state index in [-0.39, 0.29) is 21.7 Å². The highest BCUT2D eigenvalue weighted by atomic mass is 27.2. The van der Waals surface area contributed by atoms with Gasteiger partial charge in [0.2, 0.25) is 0 Å². The first-order valence-corrected chi connectivity index (χ1v) is 16.3. The molecule has 0 fully saturated rings. The molecule has 1 aliphatic heterocycles. The highest BCUT2D eigenvalue weighted by Crippen LogP contribution is 2.41. The van der Waals surface area contributed by atoms with Gasteiger partial charge in [0.15, 0.2) is 0 Å². The van der Waals surface area contributed by atoms with Crippen LogP contribution < -0.4 is 7.58 Å². The van der Waals surface area contributed by atoms with E-state index < -0.39 is 14.8 Å². The average Bonchev–Trinajstić information content (AvgIpc) is 2.79. The summed E-state index contributed by atoms with van der Waals surface area (Å²) in [5.41, 5.74) is 6.87. The molecule has 3 rings (SSSR count). The summed E-state index contributed by atoms with van der Waals surface area (Å²) in [6.07, 6.45) is 3.97. The summed E-state index contributed by atoms with van der Waals surface area (Å²) in [4.78, 5) is 9.60. The van der Waals surface area contributed by atoms with Crippen molar-refractivity contribution in [2.24, 2.45) is 9.98 Å². The number of rotatable bonds is 1. The molecule has 0 aromatic heterocycles. The van der Waals surface area contributed by atoms with Crippen LogP contribution in [0.25, 0.3) is 0 Å². The van der Waals surface area contributed by atoms with E-state index in [4.69, 9.17) is 17.6 Å². The van der Waals surface area contributed by atoms with Gasteiger partial charge in [-0.15, -0.1) is 0 Å². The molecule has 0 N–H and O–H groups in total. The molecule has 0 amide bonds. The first kappa shape index (κ1) is 31.4. The third-order valence-corrected chi connectivity index (χ3v) is 8.90. The van der Waals surface area contributed by atoms with Crippen molar-refractivity contribution in [2.45, 2.75) is 117 Å². The summed E-state index contributed by atoms with van der Waals surface area (Å²) in [5, 5.41) is 0.836. The number of aliphatic imine (C=N–C) groups is 2. The van der Waals surface area contributed by atoms with E-state index in [0.29, 0.717) is 13.1 Å². The Morgan fingerprint density at radius 3 is 1.23 bits per heavy atom. The molecule has 2 aromatic rings. The summed E-state index contributed by atoms with van der Waals surface area (Å²) in [5.74, 6) is 1.84. The first-order valence-electron chi connectivity index (χ1n) is 14.5. The Kier molecular flexibility index (Phi) is 9.21. The second-order valence-corrected chi connectivity index (χ2v) is 17.2. The molecule has 0 atom stereocenters. The topological polar surface area (TPSA) is 43.2 Å². The van der Waals surface area contributed by atoms with Crippen molar-refractivity contribution in [3.05, 3.63) is 57.6 Å². The molecule has 0 spiro atoms. The maximum Gasteiger partial charge on any atom is 0.856 e. The molecule has 0 radical (unpaired) electrons. The van der Waals surface area contributed by atoms with Gasteiger partial charge in [-0.3, -0.25) is 9.98 Å². The fourth-order valence-electron chi connectivity index (χ4n) is 4.63. The molecule has 0 aliphatic carbocycles. The van der Waals surface area contributed by atoms with Gasteiger partial charge in [-0.2, -0.15) is 0 Å². The van der Waals surface area contributed by atoms with Crippen LogP contribution in [0.5, 0.6) is 11.5 Å². The van der Waals surface area contributed by atoms with Crippen LogP contribution in [0, 0.1) is 0 Å². The van der Waals surface area contributed by atoms with E-state index in [0.717, 1.165) is 27.9 Å². The summed E-state index contributed by atoms with van der Waals surface area (Å²) >= 11 is -2.19. The zero-order valence-corrected chi connectivity index (χ0v) is 28.0. The lowest BCUT2D eigenvalue weighted by Gasteiger charge is -2.32. The monoisotopic (exact) mass is 546 g/mol. The third-order valence-electron chi connectivity index (χ3n) is 7.23. The molecule has 39 heavy (non-hydrogen) atoms. The van der Waals surface area contributed by atoms with Crippen LogP contribution in [-0.4, -0.2) is 40.3 Å². The largest absolute Gasteiger partial charge is 0.856 e. The van der Waals surface area contributed by atoms with E-state index in [2.05, 4.69) is 114 Å². The zero-order chi connectivity index (χ0) is 29.4. The normalized spacial score (nSPS) is 15.4. The summed E-state index contributed by atoms with van der Waals surface area (Å²) < 4.78 is 14.0. The number of nitrogens with zero attached hydrogens (tertiary/aromatic N) is 2. The average molecular weight is 547 g/mol. The van der Waals surface area contributed by atoms with Crippen molar-refractivity contribution in [1.82, 2.24) is 0 Å². The molecule has 0 saturated heterocycles. The van der Waals surface area contributed by atoms with Crippen LogP contribution >= 0.6 is 0 Å². The molecule has 0 saturated carbocycles. The van der Waals surface area contributed by atoms with E-state index in [9.17, 15) is 0 Å². The molecule has 4 nitrogen and oxygen atoms in total. The van der Waals surface area contributed by atoms with E-state index in [1.54, 1.807) is 0 Å². The zero-order valence-electron chi connectivity index (χ0n) is 26.9. The Hall–Kier alpha value is -2.09. The standard InChI is InChI=1S/C32H48N2O2.C2H5.Al/c1-29(2,3)23-15-21(27(35)25(17-23)31(7,8)9)19-33-13-14-34-20-22-16-24(30(4,5)6)18-26(28(22)36)32(10,11)12;1-2;/h15-20,35-36H,13-14H2,1-12H3;1H2,2H3;/q;;+2/p-2. The fraction of sp³-hybridized carbons (Fsp3) is 0.588. The van der Waals surface area contributed by atoms with Crippen LogP contribution in [0.15, 0.2) is 34.3 Å². The second-order valence-electron chi connectivity index (χ2n) is 15.0. The lowest BCUT2D eigenvalue weighted by atomic mass is 9.79. The molecule has 5 heteroatoms. The lowest BCUT2D eigenvalue weighted by Crippen LogP contribution is -2.33. The number of hydrogen-bond acceptors (Lipinski definition) is 4. The van der Waals surface area contributed by atoms with Gasteiger partial charge in [0.1, 0.15) is 0 Å². The quantitative estimate of drug-likeness (QED) is 0.336. The maximum atomic E-state index is 6.99. The van der Waals surface area contributed by atoms with Gasteiger partial charge in [0.25, 0.3) is 0 Å². The summed E-state index contributed by atoms with van der Waals surface area (Å²) in [7, 11) is 0. The summed E-state index contributed by atoms with van der Waals surface area (Å²) in [6.45, 7) is 30.5. The Morgan fingerprint density at radius 1 is 0.590 bits per heavy atom. The molecule has 2 aromatic carbocycles. The van der Waals surface area contributed by atoms with Gasteiger partial charge in [-0.05, 0) is 61.3 Å². The van der Waals surface area contributed by atoms with Crippen LogP contribution in [-0.2, 0) is 21.7 Å². The molecule has 0 unspecified atom stereocenters. The van der Waals surface area contributed by atoms with Crippen molar-refractivity contribution < 1.29 is 7.58 Å². The lowest BCUT2D eigenvalue weighted by molar-refractivity contribution is 0.402. The Labute approximate surface area is 243 Å². The third kappa shape index (κ3) is 7.77. The highest BCUT2D eigenvalue weighted by Gasteiger charge is 2.37. The maximum absolute atomic E-state index is 6.99. The SMILES string of the molecule is C[CH2][Al]1[O]c2c(cc(C(C)(C)C)cc2C(C)(C)C)C=NCCN=Cc2cc(C(C)(C)C)cc(C(C)(C)C)c2[O]1. The van der Waals surface area contributed by atoms with Gasteiger partial charge in [-0.1, -0.05) is 102 Å². The number of benzene rings is 2.